The number of aromatic nitrogens is 2. The lowest BCUT2D eigenvalue weighted by atomic mass is 9.96. The number of nitrogens with two attached hydrogens (primary N) is 2. The van der Waals surface area contributed by atoms with Gasteiger partial charge in [-0.15, -0.1) is 0 Å². The third-order valence-electron chi connectivity index (χ3n) is 9.16. The molecule has 6 rings (SSSR count). The van der Waals surface area contributed by atoms with Gasteiger partial charge in [-0.05, 0) is 37.9 Å². The molecular formula is C33H35F2N9O. The molecule has 4 N–H and O–H groups in total. The molecule has 0 aliphatic carbocycles. The molecule has 2 saturated heterocycles. The van der Waals surface area contributed by atoms with E-state index in [1.807, 2.05) is 17.0 Å². The maximum absolute atomic E-state index is 16.8. The predicted molar refractivity (Wildman–Crippen MR) is 172 cm³/mol. The lowest BCUT2D eigenvalue weighted by Gasteiger charge is -2.45. The summed E-state index contributed by atoms with van der Waals surface area (Å²) in [5.74, 6) is 4.83. The highest BCUT2D eigenvalue weighted by atomic mass is 19.1. The number of nitriles is 1. The van der Waals surface area contributed by atoms with Gasteiger partial charge in [-0.2, -0.15) is 5.26 Å². The van der Waals surface area contributed by atoms with Crippen LogP contribution >= 0.6 is 0 Å². The molecule has 2 aromatic carbocycles. The average Bonchev–Trinajstić information content (AvgIpc) is 3.03. The van der Waals surface area contributed by atoms with Crippen molar-refractivity contribution in [1.82, 2.24) is 19.8 Å². The number of likely N-dealkylation sites (N-methyl/N-ethyl adjacent to an activating group) is 1. The quantitative estimate of drug-likeness (QED) is 0.178. The largest absolute Gasteiger partial charge is 0.394 e. The molecule has 0 spiro atoms. The van der Waals surface area contributed by atoms with Crippen LogP contribution in [0.15, 0.2) is 55.0 Å². The van der Waals surface area contributed by atoms with E-state index in [1.165, 1.54) is 16.1 Å². The van der Waals surface area contributed by atoms with E-state index in [0.717, 1.165) is 11.9 Å². The van der Waals surface area contributed by atoms with Gasteiger partial charge in [0.1, 0.15) is 16.9 Å². The molecule has 0 bridgehead atoms. The number of rotatable bonds is 7. The topological polar surface area (TPSA) is 132 Å². The minimum atomic E-state index is -1.00. The number of carbonyl (C=O) groups is 1. The van der Waals surface area contributed by atoms with Crippen LogP contribution in [-0.4, -0.2) is 77.5 Å². The fourth-order valence-electron chi connectivity index (χ4n) is 6.38. The van der Waals surface area contributed by atoms with Crippen LogP contribution in [0.1, 0.15) is 25.3 Å². The summed E-state index contributed by atoms with van der Waals surface area (Å²) in [5.41, 5.74) is 8.53. The van der Waals surface area contributed by atoms with Crippen LogP contribution in [0.2, 0.25) is 0 Å². The number of hydrogen-bond acceptors (Lipinski definition) is 9. The molecule has 0 radical (unpaired) electrons. The molecule has 2 fully saturated rings. The number of pyridine rings is 2. The number of nitrogens with zero attached hydrogens (tertiary/aromatic N) is 7. The summed E-state index contributed by atoms with van der Waals surface area (Å²) < 4.78 is 30.3. The third-order valence-corrected chi connectivity index (χ3v) is 9.16. The SMILES string of the molecule is C=C(F)C(=O)N1CCC(N(N)c2c(N)c(N3CC(N(C)CC)C3)nc3c(F)c(-c4cccc5cccc(C#N)c45)ncc23)CC1. The zero-order chi connectivity index (χ0) is 32.0. The summed E-state index contributed by atoms with van der Waals surface area (Å²) in [6, 6.07) is 13.0. The summed E-state index contributed by atoms with van der Waals surface area (Å²) >= 11 is 0. The first-order valence-corrected chi connectivity index (χ1v) is 15.0. The first kappa shape index (κ1) is 30.2. The van der Waals surface area contributed by atoms with Crippen molar-refractivity contribution in [3.8, 4) is 17.3 Å². The zero-order valence-electron chi connectivity index (χ0n) is 25.3. The van der Waals surface area contributed by atoms with Crippen molar-refractivity contribution in [1.29, 1.82) is 5.26 Å². The summed E-state index contributed by atoms with van der Waals surface area (Å²) in [6.45, 7) is 8.00. The molecule has 0 saturated carbocycles. The second kappa shape index (κ2) is 11.9. The van der Waals surface area contributed by atoms with Gasteiger partial charge in [-0.1, -0.05) is 43.8 Å². The van der Waals surface area contributed by atoms with E-state index in [9.17, 15) is 14.4 Å². The van der Waals surface area contributed by atoms with Crippen molar-refractivity contribution in [3.63, 3.8) is 0 Å². The molecule has 12 heteroatoms. The summed E-state index contributed by atoms with van der Waals surface area (Å²) in [6.07, 6.45) is 2.42. The molecule has 0 atom stereocenters. The number of carbonyl (C=O) groups excluding carboxylic acids is 1. The van der Waals surface area contributed by atoms with Gasteiger partial charge in [-0.3, -0.25) is 9.78 Å². The van der Waals surface area contributed by atoms with Gasteiger partial charge in [0.25, 0.3) is 5.91 Å². The number of hydrogen-bond donors (Lipinski definition) is 2. The number of likely N-dealkylation sites (tertiary alicyclic amines) is 1. The molecule has 4 heterocycles. The van der Waals surface area contributed by atoms with Gasteiger partial charge in [0.05, 0.1) is 17.3 Å². The molecule has 4 aromatic rings. The highest BCUT2D eigenvalue weighted by molar-refractivity contribution is 6.05. The van der Waals surface area contributed by atoms with E-state index in [0.29, 0.717) is 71.1 Å². The van der Waals surface area contributed by atoms with Gasteiger partial charge >= 0.3 is 0 Å². The average molecular weight is 612 g/mol. The predicted octanol–water partition coefficient (Wildman–Crippen LogP) is 4.34. The molecular weight excluding hydrogens is 576 g/mol. The smallest absolute Gasteiger partial charge is 0.281 e. The minimum Gasteiger partial charge on any atom is -0.394 e. The summed E-state index contributed by atoms with van der Waals surface area (Å²) in [7, 11) is 2.05. The number of piperidine rings is 1. The van der Waals surface area contributed by atoms with Crippen LogP contribution in [0.25, 0.3) is 32.9 Å². The van der Waals surface area contributed by atoms with Crippen molar-refractivity contribution < 1.29 is 13.6 Å². The van der Waals surface area contributed by atoms with E-state index in [4.69, 9.17) is 16.6 Å². The van der Waals surface area contributed by atoms with E-state index in [1.54, 1.807) is 24.3 Å². The van der Waals surface area contributed by atoms with Crippen molar-refractivity contribution >= 4 is 44.8 Å². The molecule has 0 unspecified atom stereocenters. The number of nitrogen functional groups attached to an aromatic ring is 1. The van der Waals surface area contributed by atoms with Crippen molar-refractivity contribution in [2.75, 3.05) is 55.4 Å². The fraction of sp³-hybridized carbons (Fsp3) is 0.333. The monoisotopic (exact) mass is 611 g/mol. The van der Waals surface area contributed by atoms with Crippen LogP contribution in [0.3, 0.4) is 0 Å². The highest BCUT2D eigenvalue weighted by Crippen LogP contribution is 2.43. The van der Waals surface area contributed by atoms with Crippen LogP contribution in [0.5, 0.6) is 0 Å². The van der Waals surface area contributed by atoms with Gasteiger partial charge in [-0.25, -0.2) is 19.6 Å². The number of hydrazine groups is 1. The number of amides is 1. The number of fused-ring (bicyclic) bond motifs is 2. The summed E-state index contributed by atoms with van der Waals surface area (Å²) in [5, 5.41) is 13.1. The minimum absolute atomic E-state index is 0.0646. The lowest BCUT2D eigenvalue weighted by molar-refractivity contribution is -0.129. The molecule has 2 aliphatic heterocycles. The maximum Gasteiger partial charge on any atom is 0.281 e. The van der Waals surface area contributed by atoms with Gasteiger partial charge in [0.15, 0.2) is 17.5 Å². The van der Waals surface area contributed by atoms with Crippen LogP contribution in [0.4, 0.5) is 26.0 Å². The van der Waals surface area contributed by atoms with Crippen molar-refractivity contribution in [2.45, 2.75) is 31.8 Å². The Balaban J connectivity index is 1.47. The maximum atomic E-state index is 16.8. The van der Waals surface area contributed by atoms with Crippen molar-refractivity contribution in [2.24, 2.45) is 5.84 Å². The van der Waals surface area contributed by atoms with E-state index in [-0.39, 0.29) is 30.3 Å². The normalized spacial score (nSPS) is 15.8. The number of anilines is 3. The van der Waals surface area contributed by atoms with Gasteiger partial charge < -0.3 is 25.4 Å². The van der Waals surface area contributed by atoms with Crippen LogP contribution in [-0.2, 0) is 4.79 Å². The van der Waals surface area contributed by atoms with Crippen molar-refractivity contribution in [3.05, 3.63) is 66.4 Å². The third kappa shape index (κ3) is 5.18. The Morgan fingerprint density at radius 3 is 2.51 bits per heavy atom. The molecule has 1 amide bonds. The second-order valence-corrected chi connectivity index (χ2v) is 11.7. The molecule has 10 nitrogen and oxygen atoms in total. The van der Waals surface area contributed by atoms with E-state index in [2.05, 4.69) is 36.5 Å². The Hall–Kier alpha value is -4.86. The van der Waals surface area contributed by atoms with E-state index >= 15 is 4.39 Å². The standard InChI is InChI=1S/C33H35F2N9O/c1-4-41(3)23-17-43(18-23)32-28(37)31(44(38)22-11-13-42(14-12-22)33(45)19(2)34)25-16-39-29(27(35)30(25)40-32)24-10-6-8-20-7-5-9-21(15-36)26(20)24/h5-10,16,22-23H,2,4,11-14,17-18,37-38H2,1,3H3. The molecule has 232 valence electrons. The number of halogens is 2. The van der Waals surface area contributed by atoms with Gasteiger partial charge in [0, 0.05) is 60.8 Å². The Kier molecular flexibility index (Phi) is 7.99. The number of benzene rings is 2. The van der Waals surface area contributed by atoms with Crippen LogP contribution in [0, 0.1) is 17.1 Å². The van der Waals surface area contributed by atoms with Crippen LogP contribution < -0.4 is 21.5 Å². The first-order valence-electron chi connectivity index (χ1n) is 15.0. The summed E-state index contributed by atoms with van der Waals surface area (Å²) in [4.78, 5) is 27.1. The van der Waals surface area contributed by atoms with Gasteiger partial charge in [0.2, 0.25) is 0 Å². The Labute approximate surface area is 260 Å². The Morgan fingerprint density at radius 1 is 1.18 bits per heavy atom. The first-order chi connectivity index (χ1) is 21.6. The highest BCUT2D eigenvalue weighted by Gasteiger charge is 2.35. The second-order valence-electron chi connectivity index (χ2n) is 11.7. The Morgan fingerprint density at radius 2 is 1.87 bits per heavy atom. The molecule has 45 heavy (non-hydrogen) atoms. The lowest BCUT2D eigenvalue weighted by Crippen LogP contribution is -2.59. The molecule has 2 aromatic heterocycles. The zero-order valence-corrected chi connectivity index (χ0v) is 25.3. The fourth-order valence-corrected chi connectivity index (χ4v) is 6.38. The Bertz CT molecular complexity index is 1850. The molecule has 2 aliphatic rings. The van der Waals surface area contributed by atoms with E-state index < -0.39 is 17.6 Å².